The lowest BCUT2D eigenvalue weighted by Gasteiger charge is -2.50. The summed E-state index contributed by atoms with van der Waals surface area (Å²) in [5, 5.41) is 23.6. The van der Waals surface area contributed by atoms with E-state index in [4.69, 9.17) is 33.6 Å². The van der Waals surface area contributed by atoms with Crippen molar-refractivity contribution in [2.24, 2.45) is 5.41 Å². The van der Waals surface area contributed by atoms with Crippen molar-refractivity contribution in [3.05, 3.63) is 41.7 Å². The van der Waals surface area contributed by atoms with Crippen LogP contribution in [0.4, 0.5) is 0 Å². The predicted octanol–water partition coefficient (Wildman–Crippen LogP) is 4.70. The molecular formula is C45H67N3O12. The number of rotatable bonds is 21. The average Bonchev–Trinajstić information content (AvgIpc) is 3.94. The number of hydroxylamine groups is 2. The van der Waals surface area contributed by atoms with Crippen molar-refractivity contribution in [1.29, 1.82) is 0 Å². The van der Waals surface area contributed by atoms with Crippen LogP contribution in [0.2, 0.25) is 0 Å². The molecule has 0 radical (unpaired) electrons. The van der Waals surface area contributed by atoms with Gasteiger partial charge in [-0.25, -0.2) is 0 Å². The van der Waals surface area contributed by atoms with Gasteiger partial charge in [0.05, 0.1) is 32.1 Å². The van der Waals surface area contributed by atoms with E-state index in [1.54, 1.807) is 36.8 Å². The summed E-state index contributed by atoms with van der Waals surface area (Å²) in [5.41, 5.74) is -0.418. The third-order valence-corrected chi connectivity index (χ3v) is 12.4. The van der Waals surface area contributed by atoms with Crippen LogP contribution in [0.1, 0.15) is 129 Å². The Hall–Kier alpha value is -3.60. The molecule has 1 saturated carbocycles. The second kappa shape index (κ2) is 20.1. The second-order valence-corrected chi connectivity index (χ2v) is 18.0. The number of benzene rings is 1. The van der Waals surface area contributed by atoms with Crippen LogP contribution in [0.15, 0.2) is 30.5 Å². The summed E-state index contributed by atoms with van der Waals surface area (Å²) >= 11 is 0. The molecule has 5 fully saturated rings. The molecular weight excluding hydrogens is 775 g/mol. The molecule has 1 aliphatic carbocycles. The van der Waals surface area contributed by atoms with Crippen molar-refractivity contribution in [2.75, 3.05) is 26.4 Å². The number of aliphatic hydroxyl groups excluding tert-OH is 2. The highest BCUT2D eigenvalue weighted by Crippen LogP contribution is 2.59. The maximum atomic E-state index is 15.5. The molecule has 8 unspecified atom stereocenters. The number of carbonyl (C=O) groups excluding carboxylic acids is 4. The fourth-order valence-corrected chi connectivity index (χ4v) is 9.58. The van der Waals surface area contributed by atoms with Gasteiger partial charge >= 0.3 is 11.9 Å². The maximum absolute atomic E-state index is 15.5. The van der Waals surface area contributed by atoms with Crippen LogP contribution in [0, 0.1) is 5.41 Å². The Balaban J connectivity index is 1.29. The van der Waals surface area contributed by atoms with Gasteiger partial charge in [0.2, 0.25) is 11.8 Å². The van der Waals surface area contributed by atoms with Crippen LogP contribution < -0.4 is 5.32 Å². The third kappa shape index (κ3) is 10.2. The van der Waals surface area contributed by atoms with Gasteiger partial charge < -0.3 is 44.1 Å². The number of unbranched alkanes of at least 4 members (excludes halogenated alkanes) is 4. The SMILES string of the molecule is CCCCCC1(CCCCC)OC2C3CC4(C(=O)N5CCCC5C(=O)NC(CO)CCC(=O)OC(C)(C)C)C(ON(Cc5ccc(C=COCCO)cc5)C4C(=O)O3)C2O1. The van der Waals surface area contributed by atoms with E-state index in [0.29, 0.717) is 32.2 Å². The van der Waals surface area contributed by atoms with E-state index < -0.39 is 83.8 Å². The number of aliphatic hydroxyl groups is 2. The first-order valence-corrected chi connectivity index (χ1v) is 22.2. The molecule has 60 heavy (non-hydrogen) atoms. The molecule has 8 atom stereocenters. The van der Waals surface area contributed by atoms with Crippen molar-refractivity contribution in [2.45, 2.75) is 179 Å². The number of esters is 2. The lowest BCUT2D eigenvalue weighted by atomic mass is 9.62. The molecule has 3 N–H and O–H groups in total. The van der Waals surface area contributed by atoms with E-state index in [0.717, 1.165) is 49.7 Å². The zero-order chi connectivity index (χ0) is 43.1. The lowest BCUT2D eigenvalue weighted by molar-refractivity contribution is -0.225. The van der Waals surface area contributed by atoms with Crippen molar-refractivity contribution < 1.29 is 57.9 Å². The quantitative estimate of drug-likeness (QED) is 0.0882. The highest BCUT2D eigenvalue weighted by Gasteiger charge is 2.77. The minimum atomic E-state index is -1.45. The van der Waals surface area contributed by atoms with E-state index in [1.165, 1.54) is 6.26 Å². The molecule has 1 aromatic carbocycles. The fourth-order valence-electron chi connectivity index (χ4n) is 9.58. The summed E-state index contributed by atoms with van der Waals surface area (Å²) in [6.07, 6.45) is 8.73. The Labute approximate surface area is 354 Å². The van der Waals surface area contributed by atoms with Gasteiger partial charge in [0, 0.05) is 32.2 Å². The van der Waals surface area contributed by atoms with E-state index in [9.17, 15) is 19.5 Å². The van der Waals surface area contributed by atoms with E-state index in [1.807, 2.05) is 24.3 Å². The molecule has 6 rings (SSSR count). The van der Waals surface area contributed by atoms with Gasteiger partial charge in [-0.2, -0.15) is 5.06 Å². The van der Waals surface area contributed by atoms with Crippen molar-refractivity contribution in [3.63, 3.8) is 0 Å². The van der Waals surface area contributed by atoms with Gasteiger partial charge in [0.25, 0.3) is 0 Å². The normalized spacial score (nSPS) is 28.7. The minimum Gasteiger partial charge on any atom is -0.499 e. The van der Waals surface area contributed by atoms with Gasteiger partial charge in [-0.15, -0.1) is 0 Å². The molecule has 2 bridgehead atoms. The maximum Gasteiger partial charge on any atom is 0.327 e. The molecule has 15 heteroatoms. The summed E-state index contributed by atoms with van der Waals surface area (Å²) in [4.78, 5) is 64.8. The molecule has 0 spiro atoms. The second-order valence-electron chi connectivity index (χ2n) is 18.0. The molecule has 334 valence electrons. The first-order valence-electron chi connectivity index (χ1n) is 22.2. The summed E-state index contributed by atoms with van der Waals surface area (Å²) in [5.74, 6) is -2.73. The smallest absolute Gasteiger partial charge is 0.327 e. The Kier molecular flexibility index (Phi) is 15.4. The number of carbonyl (C=O) groups is 4. The highest BCUT2D eigenvalue weighted by atomic mass is 16.8. The standard InChI is InChI=1S/C45H67N3O12/c1-6-8-10-21-44(22-11-9-7-2)58-36-34-27-45(42(54)47-23-12-13-33(47)40(52)46-32(29-50)18-19-35(51)57-43(3,4)5)38(41(53)56-34)48(60-39(45)37(36)59-44)28-31-16-14-30(15-17-31)20-25-55-26-24-49/h14-17,20,25,32-34,36-39,49-50H,6-13,18-19,21-24,26-29H2,1-5H3,(H,46,52). The van der Waals surface area contributed by atoms with Crippen LogP contribution in [-0.2, 0) is 54.2 Å². The van der Waals surface area contributed by atoms with Crippen molar-refractivity contribution in [1.82, 2.24) is 15.3 Å². The Morgan fingerprint density at radius 3 is 2.37 bits per heavy atom. The van der Waals surface area contributed by atoms with Crippen molar-refractivity contribution in [3.8, 4) is 0 Å². The first kappa shape index (κ1) is 45.9. The molecule has 15 nitrogen and oxygen atoms in total. The topological polar surface area (TPSA) is 183 Å². The largest absolute Gasteiger partial charge is 0.499 e. The highest BCUT2D eigenvalue weighted by molar-refractivity contribution is 5.96. The number of likely N-dealkylation sites (tertiary alicyclic amines) is 1. The number of hydrogen-bond donors (Lipinski definition) is 3. The van der Waals surface area contributed by atoms with Gasteiger partial charge in [-0.3, -0.25) is 24.0 Å². The summed E-state index contributed by atoms with van der Waals surface area (Å²) in [6, 6.07) is 4.91. The number of nitrogens with zero attached hydrogens (tertiary/aromatic N) is 2. The van der Waals surface area contributed by atoms with Crippen LogP contribution in [0.5, 0.6) is 0 Å². The zero-order valence-electron chi connectivity index (χ0n) is 36.1. The van der Waals surface area contributed by atoms with E-state index in [-0.39, 0.29) is 44.9 Å². The number of amides is 2. The third-order valence-electron chi connectivity index (χ3n) is 12.4. The van der Waals surface area contributed by atoms with Gasteiger partial charge in [0.15, 0.2) is 11.8 Å². The first-order chi connectivity index (χ1) is 28.8. The van der Waals surface area contributed by atoms with Crippen LogP contribution in [-0.4, -0.2) is 124 Å². The summed E-state index contributed by atoms with van der Waals surface area (Å²) in [6.45, 7) is 9.79. The van der Waals surface area contributed by atoms with E-state index >= 15 is 4.79 Å². The van der Waals surface area contributed by atoms with Crippen LogP contribution >= 0.6 is 0 Å². The van der Waals surface area contributed by atoms with Gasteiger partial charge in [0.1, 0.15) is 48.1 Å². The number of ether oxygens (including phenoxy) is 5. The fraction of sp³-hybridized carbons (Fsp3) is 0.733. The minimum absolute atomic E-state index is 0.000704. The zero-order valence-corrected chi connectivity index (χ0v) is 36.1. The lowest BCUT2D eigenvalue weighted by Crippen LogP contribution is -2.70. The monoisotopic (exact) mass is 841 g/mol. The molecule has 4 saturated heterocycles. The molecule has 1 aromatic rings. The number of nitrogens with one attached hydrogen (secondary N) is 1. The van der Waals surface area contributed by atoms with Crippen LogP contribution in [0.25, 0.3) is 6.08 Å². The average molecular weight is 842 g/mol. The van der Waals surface area contributed by atoms with E-state index in [2.05, 4.69) is 19.2 Å². The Morgan fingerprint density at radius 1 is 1.02 bits per heavy atom. The van der Waals surface area contributed by atoms with Gasteiger partial charge in [-0.1, -0.05) is 63.8 Å². The number of hydrogen-bond acceptors (Lipinski definition) is 13. The van der Waals surface area contributed by atoms with Crippen molar-refractivity contribution >= 4 is 29.8 Å². The molecule has 4 aliphatic heterocycles. The predicted molar refractivity (Wildman–Crippen MR) is 219 cm³/mol. The Bertz CT molecular complexity index is 1650. The number of fused-ring (bicyclic) bond motifs is 4. The molecule has 2 amide bonds. The van der Waals surface area contributed by atoms with Crippen LogP contribution in [0.3, 0.4) is 0 Å². The summed E-state index contributed by atoms with van der Waals surface area (Å²) < 4.78 is 30.9. The van der Waals surface area contributed by atoms with Gasteiger partial charge in [-0.05, 0) is 70.1 Å². The summed E-state index contributed by atoms with van der Waals surface area (Å²) in [7, 11) is 0. The molecule has 5 aliphatic rings. The molecule has 0 aromatic heterocycles. The molecule has 4 heterocycles. The Morgan fingerprint density at radius 2 is 1.72 bits per heavy atom.